The lowest BCUT2D eigenvalue weighted by Gasteiger charge is -2.22. The van der Waals surface area contributed by atoms with Gasteiger partial charge in [0, 0.05) is 12.8 Å². The third-order valence-corrected chi connectivity index (χ3v) is 3.78. The summed E-state index contributed by atoms with van der Waals surface area (Å²) < 4.78 is 6.81. The minimum atomic E-state index is -0.446. The Morgan fingerprint density at radius 2 is 2.13 bits per heavy atom. The van der Waals surface area contributed by atoms with Crippen LogP contribution in [0, 0.1) is 4.64 Å². The van der Waals surface area contributed by atoms with Gasteiger partial charge >= 0.3 is 0 Å². The van der Waals surface area contributed by atoms with E-state index in [1.54, 1.807) is 7.11 Å². The third kappa shape index (κ3) is 2.65. The van der Waals surface area contributed by atoms with Crippen molar-refractivity contribution in [2.75, 3.05) is 7.11 Å². The molecule has 1 heterocycles. The molecule has 0 radical (unpaired) electrons. The molecule has 0 fully saturated rings. The molecule has 0 bridgehead atoms. The smallest absolute Gasteiger partial charge is 0.144 e. The molecule has 0 saturated heterocycles. The topological polar surface area (TPSA) is 37.9 Å². The molecule has 1 aromatic rings. The minimum Gasteiger partial charge on any atom is -0.371 e. The third-order valence-electron chi connectivity index (χ3n) is 2.37. The van der Waals surface area contributed by atoms with Gasteiger partial charge in [0.25, 0.3) is 0 Å². The zero-order valence-corrected chi connectivity index (χ0v) is 11.8. The maximum absolute atomic E-state index is 5.36. The number of nitrogens with zero attached hydrogens (tertiary/aromatic N) is 1. The highest BCUT2D eigenvalue weighted by molar-refractivity contribution is 9.10. The van der Waals surface area contributed by atoms with Crippen molar-refractivity contribution >= 4 is 28.1 Å². The number of halogens is 1. The van der Waals surface area contributed by atoms with E-state index in [-0.39, 0.29) is 0 Å². The highest BCUT2D eigenvalue weighted by Gasteiger charge is 2.23. The number of H-pyrrole nitrogens is 1. The average molecular weight is 291 g/mol. The maximum Gasteiger partial charge on any atom is 0.144 e. The first-order chi connectivity index (χ1) is 6.92. The van der Waals surface area contributed by atoms with Gasteiger partial charge in [0.15, 0.2) is 0 Å². The van der Waals surface area contributed by atoms with E-state index in [1.165, 1.54) is 0 Å². The lowest BCUT2D eigenvalue weighted by Crippen LogP contribution is -2.23. The SMILES string of the molecule is CCc1[nH]c(C(C)(C)OC)nc(=S)c1Br. The molecule has 0 unspecified atom stereocenters. The summed E-state index contributed by atoms with van der Waals surface area (Å²) in [5.41, 5.74) is 0.605. The van der Waals surface area contributed by atoms with Gasteiger partial charge in [-0.25, -0.2) is 4.98 Å². The second-order valence-corrected chi connectivity index (χ2v) is 4.93. The van der Waals surface area contributed by atoms with Gasteiger partial charge in [0.1, 0.15) is 16.1 Å². The number of aryl methyl sites for hydroxylation is 1. The Labute approximate surface area is 103 Å². The van der Waals surface area contributed by atoms with Crippen LogP contribution in [0.4, 0.5) is 0 Å². The normalized spacial score (nSPS) is 11.8. The highest BCUT2D eigenvalue weighted by Crippen LogP contribution is 2.23. The Bertz CT molecular complexity index is 414. The predicted molar refractivity (Wildman–Crippen MR) is 66.5 cm³/mol. The molecular weight excluding hydrogens is 276 g/mol. The summed E-state index contributed by atoms with van der Waals surface area (Å²) in [6, 6.07) is 0. The van der Waals surface area contributed by atoms with Crippen LogP contribution in [0.5, 0.6) is 0 Å². The highest BCUT2D eigenvalue weighted by atomic mass is 79.9. The molecule has 1 aromatic heterocycles. The van der Waals surface area contributed by atoms with Crippen LogP contribution >= 0.6 is 28.1 Å². The Balaban J connectivity index is 3.35. The van der Waals surface area contributed by atoms with Gasteiger partial charge in [0.05, 0.1) is 4.47 Å². The fourth-order valence-electron chi connectivity index (χ4n) is 1.13. The standard InChI is InChI=1S/C10H15BrN2OS/c1-5-6-7(11)8(15)13-9(12-6)10(2,3)14-4/h5H2,1-4H3,(H,12,13,15). The summed E-state index contributed by atoms with van der Waals surface area (Å²) in [7, 11) is 1.66. The Hall–Kier alpha value is -0.260. The van der Waals surface area contributed by atoms with Gasteiger partial charge < -0.3 is 9.72 Å². The largest absolute Gasteiger partial charge is 0.371 e. The van der Waals surface area contributed by atoms with Crippen LogP contribution in [0.2, 0.25) is 0 Å². The lowest BCUT2D eigenvalue weighted by molar-refractivity contribution is 0.0111. The number of rotatable bonds is 3. The molecule has 1 N–H and O–H groups in total. The first-order valence-corrected chi connectivity index (χ1v) is 5.96. The molecule has 0 aliphatic rings. The lowest BCUT2D eigenvalue weighted by atomic mass is 10.1. The first-order valence-electron chi connectivity index (χ1n) is 4.76. The summed E-state index contributed by atoms with van der Waals surface area (Å²) in [6.07, 6.45) is 0.875. The van der Waals surface area contributed by atoms with Crippen molar-refractivity contribution in [3.8, 4) is 0 Å². The number of methoxy groups -OCH3 is 1. The van der Waals surface area contributed by atoms with Crippen LogP contribution in [0.25, 0.3) is 0 Å². The fourth-order valence-corrected chi connectivity index (χ4v) is 1.81. The van der Waals surface area contributed by atoms with Crippen molar-refractivity contribution in [3.63, 3.8) is 0 Å². The Kier molecular flexibility index (Phi) is 4.03. The number of hydrogen-bond donors (Lipinski definition) is 1. The van der Waals surface area contributed by atoms with Crippen LogP contribution in [0.1, 0.15) is 32.3 Å². The van der Waals surface area contributed by atoms with E-state index >= 15 is 0 Å². The summed E-state index contributed by atoms with van der Waals surface area (Å²) >= 11 is 8.60. The van der Waals surface area contributed by atoms with E-state index in [1.807, 2.05) is 13.8 Å². The monoisotopic (exact) mass is 290 g/mol. The molecule has 84 valence electrons. The second-order valence-electron chi connectivity index (χ2n) is 3.75. The first kappa shape index (κ1) is 12.8. The van der Waals surface area contributed by atoms with Crippen LogP contribution in [0.15, 0.2) is 4.47 Å². The van der Waals surface area contributed by atoms with Crippen LogP contribution in [-0.2, 0) is 16.8 Å². The summed E-state index contributed by atoms with van der Waals surface area (Å²) in [5.74, 6) is 0.759. The molecular formula is C10H15BrN2OS. The van der Waals surface area contributed by atoms with Crippen LogP contribution < -0.4 is 0 Å². The molecule has 0 aliphatic heterocycles. The molecule has 1 rings (SSSR count). The number of hydrogen-bond acceptors (Lipinski definition) is 3. The van der Waals surface area contributed by atoms with Crippen molar-refractivity contribution in [2.45, 2.75) is 32.8 Å². The molecule has 0 aliphatic carbocycles. The molecule has 5 heteroatoms. The van der Waals surface area contributed by atoms with Gasteiger partial charge in [0.2, 0.25) is 0 Å². The average Bonchev–Trinajstić information content (AvgIpc) is 2.21. The van der Waals surface area contributed by atoms with Crippen LogP contribution in [0.3, 0.4) is 0 Å². The molecule has 0 atom stereocenters. The molecule has 0 aromatic carbocycles. The van der Waals surface area contributed by atoms with Crippen molar-refractivity contribution in [3.05, 3.63) is 20.6 Å². The van der Waals surface area contributed by atoms with Crippen LogP contribution in [-0.4, -0.2) is 17.1 Å². The Morgan fingerprint density at radius 1 is 1.53 bits per heavy atom. The van der Waals surface area contributed by atoms with E-state index in [0.29, 0.717) is 4.64 Å². The number of ether oxygens (including phenoxy) is 1. The maximum atomic E-state index is 5.36. The molecule has 0 amide bonds. The van der Waals surface area contributed by atoms with Crippen molar-refractivity contribution < 1.29 is 4.74 Å². The Morgan fingerprint density at radius 3 is 2.60 bits per heavy atom. The zero-order chi connectivity index (χ0) is 11.6. The van der Waals surface area contributed by atoms with E-state index in [4.69, 9.17) is 17.0 Å². The van der Waals surface area contributed by atoms with Crippen molar-refractivity contribution in [1.29, 1.82) is 0 Å². The quantitative estimate of drug-likeness (QED) is 0.868. The van der Waals surface area contributed by atoms with Gasteiger partial charge in [-0.1, -0.05) is 19.1 Å². The molecule has 0 spiro atoms. The van der Waals surface area contributed by atoms with Crippen molar-refractivity contribution in [2.24, 2.45) is 0 Å². The van der Waals surface area contributed by atoms with E-state index in [2.05, 4.69) is 32.8 Å². The van der Waals surface area contributed by atoms with Gasteiger partial charge in [-0.2, -0.15) is 0 Å². The molecule has 3 nitrogen and oxygen atoms in total. The number of aromatic amines is 1. The fraction of sp³-hybridized carbons (Fsp3) is 0.600. The van der Waals surface area contributed by atoms with Crippen molar-refractivity contribution in [1.82, 2.24) is 9.97 Å². The predicted octanol–water partition coefficient (Wildman–Crippen LogP) is 3.35. The number of aromatic nitrogens is 2. The summed E-state index contributed by atoms with van der Waals surface area (Å²) in [6.45, 7) is 5.97. The second kappa shape index (κ2) is 4.72. The summed E-state index contributed by atoms with van der Waals surface area (Å²) in [4.78, 5) is 7.56. The summed E-state index contributed by atoms with van der Waals surface area (Å²) in [5, 5.41) is 0. The molecule has 0 saturated carbocycles. The van der Waals surface area contributed by atoms with Gasteiger partial charge in [-0.3, -0.25) is 0 Å². The van der Waals surface area contributed by atoms with E-state index < -0.39 is 5.60 Å². The van der Waals surface area contributed by atoms with Gasteiger partial charge in [-0.15, -0.1) is 0 Å². The molecule has 15 heavy (non-hydrogen) atoms. The van der Waals surface area contributed by atoms with E-state index in [9.17, 15) is 0 Å². The van der Waals surface area contributed by atoms with E-state index in [0.717, 1.165) is 22.4 Å². The number of nitrogens with one attached hydrogen (secondary N) is 1. The minimum absolute atomic E-state index is 0.446. The zero-order valence-electron chi connectivity index (χ0n) is 9.35. The van der Waals surface area contributed by atoms with Gasteiger partial charge in [-0.05, 0) is 36.2 Å².